The van der Waals surface area contributed by atoms with Crippen LogP contribution in [0.25, 0.3) is 21.7 Å². The van der Waals surface area contributed by atoms with Gasteiger partial charge in [0.05, 0.1) is 29.2 Å². The molecule has 0 aliphatic heterocycles. The minimum atomic E-state index is -4.72. The molecule has 0 amide bonds. The number of hydrogen-bond donors (Lipinski definition) is 1. The van der Waals surface area contributed by atoms with E-state index < -0.39 is 33.3 Å². The molecule has 0 atom stereocenters. The molecule has 2 aromatic carbocycles. The highest BCUT2D eigenvalue weighted by Crippen LogP contribution is 2.38. The average Bonchev–Trinajstić information content (AvgIpc) is 3.34. The van der Waals surface area contributed by atoms with E-state index in [1.54, 1.807) is 33.9 Å². The molecule has 2 heterocycles. The summed E-state index contributed by atoms with van der Waals surface area (Å²) in [6.07, 6.45) is -3.36. The van der Waals surface area contributed by atoms with Crippen LogP contribution in [0.2, 0.25) is 0 Å². The van der Waals surface area contributed by atoms with Crippen molar-refractivity contribution in [2.24, 2.45) is 7.05 Å². The van der Waals surface area contributed by atoms with Gasteiger partial charge in [0.15, 0.2) is 5.69 Å². The lowest BCUT2D eigenvalue weighted by molar-refractivity contribution is -0.136. The lowest BCUT2D eigenvalue weighted by Gasteiger charge is -2.12. The van der Waals surface area contributed by atoms with Gasteiger partial charge in [-0.3, -0.25) is 4.68 Å². The smallest absolute Gasteiger partial charge is 0.274 e. The lowest BCUT2D eigenvalue weighted by Crippen LogP contribution is -2.24. The predicted octanol–water partition coefficient (Wildman–Crippen LogP) is 5.39. The van der Waals surface area contributed by atoms with E-state index in [1.165, 1.54) is 33.8 Å². The van der Waals surface area contributed by atoms with Crippen LogP contribution in [0, 0.1) is 33.2 Å². The minimum absolute atomic E-state index is 0.00574. The van der Waals surface area contributed by atoms with E-state index in [0.717, 1.165) is 12.1 Å². The molecule has 0 bridgehead atoms. The molecule has 4 rings (SSSR count). The summed E-state index contributed by atoms with van der Waals surface area (Å²) in [6.45, 7) is 11.6. The molecule has 0 aliphatic rings. The molecule has 8 nitrogen and oxygen atoms in total. The molecule has 0 fully saturated rings. The summed E-state index contributed by atoms with van der Waals surface area (Å²) in [5.41, 5.74) is 0.784. The number of aryl methyl sites for hydroxylation is 3. The van der Waals surface area contributed by atoms with Gasteiger partial charge in [-0.15, -0.1) is 0 Å². The molecular weight excluding hydrogens is 524 g/mol. The van der Waals surface area contributed by atoms with Crippen molar-refractivity contribution in [2.75, 3.05) is 0 Å². The molecule has 0 saturated carbocycles. The Morgan fingerprint density at radius 1 is 1.05 bits per heavy atom. The Morgan fingerprint density at radius 2 is 1.76 bits per heavy atom. The van der Waals surface area contributed by atoms with E-state index in [-0.39, 0.29) is 22.7 Å². The Balaban J connectivity index is 1.64. The number of halogens is 4. The quantitative estimate of drug-likeness (QED) is 0.260. The highest BCUT2D eigenvalue weighted by Gasteiger charge is 2.34. The maximum Gasteiger partial charge on any atom is 0.407 e. The van der Waals surface area contributed by atoms with Gasteiger partial charge < -0.3 is 0 Å². The van der Waals surface area contributed by atoms with Crippen LogP contribution in [0.5, 0.6) is 0 Å². The second-order valence-corrected chi connectivity index (χ2v) is 10.4. The molecule has 1 N–H and O–H groups in total. The van der Waals surface area contributed by atoms with Crippen LogP contribution in [-0.4, -0.2) is 28.0 Å². The third-order valence-corrected chi connectivity index (χ3v) is 7.50. The van der Waals surface area contributed by atoms with E-state index in [0.29, 0.717) is 28.2 Å². The number of alkyl halides is 3. The Hall–Kier alpha value is -4.02. The lowest BCUT2D eigenvalue weighted by atomic mass is 10.0. The molecule has 0 aliphatic carbocycles. The number of aromatic nitrogens is 4. The fourth-order valence-corrected chi connectivity index (χ4v) is 5.45. The second kappa shape index (κ2) is 9.70. The zero-order valence-corrected chi connectivity index (χ0v) is 21.5. The fourth-order valence-electron chi connectivity index (χ4n) is 4.23. The van der Waals surface area contributed by atoms with Crippen LogP contribution in [0.3, 0.4) is 0 Å². The normalized spacial score (nSPS) is 12.1. The van der Waals surface area contributed by atoms with Gasteiger partial charge in [0.2, 0.25) is 10.0 Å². The summed E-state index contributed by atoms with van der Waals surface area (Å²) in [5, 5.41) is 8.36. The van der Waals surface area contributed by atoms with Crippen molar-refractivity contribution >= 4 is 15.7 Å². The highest BCUT2D eigenvalue weighted by molar-refractivity contribution is 7.89. The van der Waals surface area contributed by atoms with E-state index in [2.05, 4.69) is 19.8 Å². The number of nitrogens with zero attached hydrogens (tertiary/aromatic N) is 5. The van der Waals surface area contributed by atoms with Crippen molar-refractivity contribution in [3.8, 4) is 16.8 Å². The first kappa shape index (κ1) is 27.0. The SMILES string of the molecule is [C-]#[N+]c1ccc(-n2nc(C)c(-c3ccc(CNS(=O)(=O)c4cn(C)nc4C)c(F)c3)c2C)cc1C(F)(F)F. The van der Waals surface area contributed by atoms with Gasteiger partial charge in [0.1, 0.15) is 10.7 Å². The molecular formula is C25H22F4N6O2S. The molecule has 0 spiro atoms. The molecule has 2 aromatic heterocycles. The van der Waals surface area contributed by atoms with Crippen molar-refractivity contribution < 1.29 is 26.0 Å². The number of rotatable bonds is 6. The topological polar surface area (TPSA) is 86.2 Å². The van der Waals surface area contributed by atoms with Gasteiger partial charge in [0, 0.05) is 36.6 Å². The Bertz CT molecular complexity index is 1700. The second-order valence-electron chi connectivity index (χ2n) is 8.65. The van der Waals surface area contributed by atoms with E-state index in [9.17, 15) is 21.6 Å². The zero-order chi connectivity index (χ0) is 28.0. The van der Waals surface area contributed by atoms with Crippen molar-refractivity contribution in [1.82, 2.24) is 24.3 Å². The van der Waals surface area contributed by atoms with E-state index in [1.807, 2.05) is 0 Å². The molecule has 0 unspecified atom stereocenters. The van der Waals surface area contributed by atoms with Gasteiger partial charge in [-0.1, -0.05) is 18.2 Å². The summed E-state index contributed by atoms with van der Waals surface area (Å²) in [5.74, 6) is -0.666. The third kappa shape index (κ3) is 5.05. The summed E-state index contributed by atoms with van der Waals surface area (Å²) < 4.78 is 85.7. The first-order valence-electron chi connectivity index (χ1n) is 11.2. The predicted molar refractivity (Wildman–Crippen MR) is 132 cm³/mol. The van der Waals surface area contributed by atoms with Crippen LogP contribution in [0.1, 0.15) is 28.2 Å². The number of sulfonamides is 1. The molecule has 13 heteroatoms. The summed E-state index contributed by atoms with van der Waals surface area (Å²) in [7, 11) is -2.33. The van der Waals surface area contributed by atoms with Crippen molar-refractivity contribution in [2.45, 2.75) is 38.4 Å². The molecule has 198 valence electrons. The van der Waals surface area contributed by atoms with Gasteiger partial charge in [-0.05, 0) is 44.5 Å². The van der Waals surface area contributed by atoms with Gasteiger partial charge in [0.25, 0.3) is 0 Å². The summed E-state index contributed by atoms with van der Waals surface area (Å²) in [6, 6.07) is 7.56. The maximum atomic E-state index is 15.0. The number of hydrogen-bond acceptors (Lipinski definition) is 4. The maximum absolute atomic E-state index is 15.0. The van der Waals surface area contributed by atoms with Gasteiger partial charge in [-0.25, -0.2) is 27.1 Å². The van der Waals surface area contributed by atoms with Crippen LogP contribution in [0.15, 0.2) is 47.5 Å². The molecule has 0 radical (unpaired) electrons. The van der Waals surface area contributed by atoms with Crippen molar-refractivity contribution in [3.63, 3.8) is 0 Å². The monoisotopic (exact) mass is 546 g/mol. The largest absolute Gasteiger partial charge is 0.407 e. The van der Waals surface area contributed by atoms with E-state index in [4.69, 9.17) is 6.57 Å². The number of benzene rings is 2. The first-order valence-corrected chi connectivity index (χ1v) is 12.6. The standard InChI is InChI=1S/C25H22F4N6O2S/c1-14-23(13-34(5)32-14)38(36,37)31-12-18-7-6-17(10-21(18)26)24-15(2)33-35(16(24)3)19-8-9-22(30-4)20(11-19)25(27,28)29/h6-11,13,31H,12H2,1-3,5H3. The van der Waals surface area contributed by atoms with Crippen molar-refractivity contribution in [1.29, 1.82) is 0 Å². The van der Waals surface area contributed by atoms with E-state index >= 15 is 4.39 Å². The fraction of sp³-hybridized carbons (Fsp3) is 0.240. The van der Waals surface area contributed by atoms with Gasteiger partial charge in [-0.2, -0.15) is 23.4 Å². The average molecular weight is 547 g/mol. The van der Waals surface area contributed by atoms with Crippen LogP contribution in [-0.2, 0) is 29.8 Å². The first-order chi connectivity index (χ1) is 17.7. The zero-order valence-electron chi connectivity index (χ0n) is 20.7. The Labute approximate surface area is 216 Å². The highest BCUT2D eigenvalue weighted by atomic mass is 32.2. The van der Waals surface area contributed by atoms with Crippen molar-refractivity contribution in [3.05, 3.63) is 88.0 Å². The van der Waals surface area contributed by atoms with Crippen LogP contribution in [0.4, 0.5) is 23.2 Å². The summed E-state index contributed by atoms with van der Waals surface area (Å²) in [4.78, 5) is 2.94. The Kier molecular flexibility index (Phi) is 6.90. The molecule has 4 aromatic rings. The van der Waals surface area contributed by atoms with Crippen LogP contribution < -0.4 is 4.72 Å². The molecule has 38 heavy (non-hydrogen) atoms. The Morgan fingerprint density at radius 3 is 2.34 bits per heavy atom. The molecule has 0 saturated heterocycles. The third-order valence-electron chi connectivity index (χ3n) is 5.99. The number of nitrogens with one attached hydrogen (secondary N) is 1. The van der Waals surface area contributed by atoms with Gasteiger partial charge >= 0.3 is 6.18 Å². The minimum Gasteiger partial charge on any atom is -0.274 e. The summed E-state index contributed by atoms with van der Waals surface area (Å²) >= 11 is 0. The van der Waals surface area contributed by atoms with Crippen LogP contribution >= 0.6 is 0 Å².